The zero-order valence-corrected chi connectivity index (χ0v) is 8.75. The van der Waals surface area contributed by atoms with Crippen LogP contribution in [0.15, 0.2) is 4.34 Å². The molecule has 1 heterocycles. The molecule has 1 saturated carbocycles. The van der Waals surface area contributed by atoms with Crippen molar-refractivity contribution in [1.29, 1.82) is 0 Å². The van der Waals surface area contributed by atoms with Crippen molar-refractivity contribution in [2.24, 2.45) is 0 Å². The first-order valence-electron chi connectivity index (χ1n) is 4.37. The van der Waals surface area contributed by atoms with E-state index in [-0.39, 0.29) is 0 Å². The Morgan fingerprint density at radius 3 is 2.92 bits per heavy atom. The summed E-state index contributed by atoms with van der Waals surface area (Å²) in [5.41, 5.74) is 0. The molecule has 1 aliphatic rings. The van der Waals surface area contributed by atoms with Gasteiger partial charge in [-0.05, 0) is 24.4 Å². The quantitative estimate of drug-likeness (QED) is 0.750. The summed E-state index contributed by atoms with van der Waals surface area (Å²) in [6, 6.07) is 0. The molecule has 1 aromatic rings. The second-order valence-corrected chi connectivity index (χ2v) is 5.30. The standard InChI is InChI=1S/C8H12N2S2/c1-2-7-9-8(12-10-7)11-6-4-3-5-6/h6H,2-5H2,1H3. The Labute approximate surface area is 81.0 Å². The average molecular weight is 200 g/mol. The molecule has 1 aromatic heterocycles. The normalized spacial score (nSPS) is 17.8. The van der Waals surface area contributed by atoms with Gasteiger partial charge in [-0.2, -0.15) is 4.37 Å². The SMILES string of the molecule is CCc1nsc(SC2CCC2)n1. The highest BCUT2D eigenvalue weighted by Gasteiger charge is 2.20. The number of nitrogens with zero attached hydrogens (tertiary/aromatic N) is 2. The molecule has 0 amide bonds. The fourth-order valence-corrected chi connectivity index (χ4v) is 3.26. The van der Waals surface area contributed by atoms with E-state index in [1.807, 2.05) is 11.8 Å². The van der Waals surface area contributed by atoms with Crippen LogP contribution in [-0.2, 0) is 6.42 Å². The van der Waals surface area contributed by atoms with Gasteiger partial charge in [0.15, 0.2) is 4.34 Å². The van der Waals surface area contributed by atoms with Gasteiger partial charge in [0.1, 0.15) is 5.82 Å². The van der Waals surface area contributed by atoms with E-state index in [0.29, 0.717) is 0 Å². The van der Waals surface area contributed by atoms with E-state index in [0.717, 1.165) is 21.8 Å². The molecule has 2 nitrogen and oxygen atoms in total. The largest absolute Gasteiger partial charge is 0.213 e. The molecule has 0 radical (unpaired) electrons. The lowest BCUT2D eigenvalue weighted by molar-refractivity contribution is 0.522. The van der Waals surface area contributed by atoms with E-state index in [1.54, 1.807) is 11.5 Å². The molecule has 4 heteroatoms. The van der Waals surface area contributed by atoms with Gasteiger partial charge in [-0.15, -0.1) is 0 Å². The highest BCUT2D eigenvalue weighted by atomic mass is 32.2. The van der Waals surface area contributed by atoms with Gasteiger partial charge < -0.3 is 0 Å². The summed E-state index contributed by atoms with van der Waals surface area (Å²) in [4.78, 5) is 4.42. The minimum absolute atomic E-state index is 0.836. The van der Waals surface area contributed by atoms with Crippen LogP contribution in [0.1, 0.15) is 32.0 Å². The van der Waals surface area contributed by atoms with Crippen LogP contribution in [0, 0.1) is 0 Å². The lowest BCUT2D eigenvalue weighted by Gasteiger charge is -2.22. The van der Waals surface area contributed by atoms with Gasteiger partial charge in [-0.1, -0.05) is 25.1 Å². The second kappa shape index (κ2) is 3.75. The maximum atomic E-state index is 4.42. The number of hydrogen-bond acceptors (Lipinski definition) is 4. The van der Waals surface area contributed by atoms with E-state index >= 15 is 0 Å². The van der Waals surface area contributed by atoms with E-state index in [9.17, 15) is 0 Å². The molecule has 1 fully saturated rings. The zero-order chi connectivity index (χ0) is 8.39. The van der Waals surface area contributed by atoms with E-state index < -0.39 is 0 Å². The van der Waals surface area contributed by atoms with Crippen molar-refractivity contribution < 1.29 is 0 Å². The molecule has 0 bridgehead atoms. The summed E-state index contributed by atoms with van der Waals surface area (Å²) in [6.45, 7) is 2.10. The van der Waals surface area contributed by atoms with Gasteiger partial charge >= 0.3 is 0 Å². The second-order valence-electron chi connectivity index (χ2n) is 3.00. The highest BCUT2D eigenvalue weighted by Crippen LogP contribution is 2.36. The predicted octanol–water partition coefficient (Wildman–Crippen LogP) is 2.75. The summed E-state index contributed by atoms with van der Waals surface area (Å²) in [7, 11) is 0. The van der Waals surface area contributed by atoms with E-state index in [1.165, 1.54) is 19.3 Å². The Kier molecular flexibility index (Phi) is 2.66. The maximum Gasteiger partial charge on any atom is 0.170 e. The molecule has 66 valence electrons. The van der Waals surface area contributed by atoms with Crippen LogP contribution in [0.2, 0.25) is 0 Å². The minimum atomic E-state index is 0.836. The maximum absolute atomic E-state index is 4.42. The lowest BCUT2D eigenvalue weighted by atomic mass is 10.0. The van der Waals surface area contributed by atoms with Crippen LogP contribution in [0.25, 0.3) is 0 Å². The minimum Gasteiger partial charge on any atom is -0.213 e. The first kappa shape index (κ1) is 8.51. The molecule has 12 heavy (non-hydrogen) atoms. The summed E-state index contributed by atoms with van der Waals surface area (Å²) in [5, 5.41) is 0.836. The molecular weight excluding hydrogens is 188 g/mol. The fourth-order valence-electron chi connectivity index (χ4n) is 1.06. The number of rotatable bonds is 3. The topological polar surface area (TPSA) is 25.8 Å². The van der Waals surface area contributed by atoms with Crippen LogP contribution in [-0.4, -0.2) is 14.6 Å². The van der Waals surface area contributed by atoms with Crippen molar-refractivity contribution in [1.82, 2.24) is 9.36 Å². The van der Waals surface area contributed by atoms with Crippen LogP contribution < -0.4 is 0 Å². The highest BCUT2D eigenvalue weighted by molar-refractivity contribution is 8.01. The van der Waals surface area contributed by atoms with Crippen molar-refractivity contribution in [3.63, 3.8) is 0 Å². The first-order chi connectivity index (χ1) is 5.88. The van der Waals surface area contributed by atoms with E-state index in [4.69, 9.17) is 0 Å². The molecule has 2 rings (SSSR count). The summed E-state index contributed by atoms with van der Waals surface area (Å²) in [5.74, 6) is 1.00. The summed E-state index contributed by atoms with van der Waals surface area (Å²) in [6.07, 6.45) is 5.09. The van der Waals surface area contributed by atoms with Crippen molar-refractivity contribution >= 4 is 23.3 Å². The lowest BCUT2D eigenvalue weighted by Crippen LogP contribution is -2.12. The van der Waals surface area contributed by atoms with Gasteiger partial charge in [0.05, 0.1) is 0 Å². The monoisotopic (exact) mass is 200 g/mol. The summed E-state index contributed by atoms with van der Waals surface area (Å²) < 4.78 is 5.42. The molecule has 0 atom stereocenters. The third-order valence-corrected chi connectivity index (χ3v) is 4.24. The molecule has 0 aromatic carbocycles. The Hall–Kier alpha value is -0.0900. The molecule has 0 unspecified atom stereocenters. The van der Waals surface area contributed by atoms with Crippen LogP contribution in [0.5, 0.6) is 0 Å². The molecular formula is C8H12N2S2. The zero-order valence-electron chi connectivity index (χ0n) is 7.12. The number of hydrogen-bond donors (Lipinski definition) is 0. The Morgan fingerprint density at radius 1 is 1.58 bits per heavy atom. The molecule has 0 spiro atoms. The van der Waals surface area contributed by atoms with Gasteiger partial charge in [-0.3, -0.25) is 0 Å². The van der Waals surface area contributed by atoms with Crippen LogP contribution in [0.4, 0.5) is 0 Å². The van der Waals surface area contributed by atoms with Crippen molar-refractivity contribution in [2.45, 2.75) is 42.2 Å². The van der Waals surface area contributed by atoms with Crippen molar-refractivity contribution in [3.8, 4) is 0 Å². The van der Waals surface area contributed by atoms with Gasteiger partial charge in [0, 0.05) is 11.7 Å². The molecule has 0 saturated heterocycles. The third kappa shape index (κ3) is 1.80. The Morgan fingerprint density at radius 2 is 2.42 bits per heavy atom. The third-order valence-electron chi connectivity index (χ3n) is 2.09. The van der Waals surface area contributed by atoms with Gasteiger partial charge in [-0.25, -0.2) is 4.98 Å². The van der Waals surface area contributed by atoms with E-state index in [2.05, 4.69) is 16.3 Å². The Bertz CT molecular complexity index is 255. The number of aryl methyl sites for hydroxylation is 1. The number of thioether (sulfide) groups is 1. The average Bonchev–Trinajstić information content (AvgIpc) is 2.44. The smallest absolute Gasteiger partial charge is 0.170 e. The van der Waals surface area contributed by atoms with Crippen LogP contribution in [0.3, 0.4) is 0 Å². The van der Waals surface area contributed by atoms with Crippen molar-refractivity contribution in [2.75, 3.05) is 0 Å². The molecule has 0 N–H and O–H groups in total. The van der Waals surface area contributed by atoms with Gasteiger partial charge in [0.25, 0.3) is 0 Å². The first-order valence-corrected chi connectivity index (χ1v) is 6.03. The van der Waals surface area contributed by atoms with Crippen molar-refractivity contribution in [3.05, 3.63) is 5.82 Å². The predicted molar refractivity (Wildman–Crippen MR) is 52.8 cm³/mol. The Balaban J connectivity index is 1.93. The molecule has 1 aliphatic carbocycles. The van der Waals surface area contributed by atoms with Crippen LogP contribution >= 0.6 is 23.3 Å². The fraction of sp³-hybridized carbons (Fsp3) is 0.750. The molecule has 0 aliphatic heterocycles. The number of aromatic nitrogens is 2. The van der Waals surface area contributed by atoms with Gasteiger partial charge in [0.2, 0.25) is 0 Å². The summed E-state index contributed by atoms with van der Waals surface area (Å²) >= 11 is 3.47.